The maximum atomic E-state index is 5.31. The average Bonchev–Trinajstić information content (AvgIpc) is 2.46. The minimum atomic E-state index is 0.759. The average molecular weight is 242 g/mol. The van der Waals surface area contributed by atoms with Gasteiger partial charge < -0.3 is 9.47 Å². The summed E-state index contributed by atoms with van der Waals surface area (Å²) in [6, 6.07) is 5.67. The Balaban J connectivity index is 2.26. The van der Waals surface area contributed by atoms with Gasteiger partial charge in [0, 0.05) is 24.0 Å². The number of hydrogen-bond acceptors (Lipinski definition) is 4. The van der Waals surface area contributed by atoms with Gasteiger partial charge in [0.15, 0.2) is 0 Å². The SMILES string of the molecule is COc1ccc(/C=C/c2cnccn2)c(OC)c1. The summed E-state index contributed by atoms with van der Waals surface area (Å²) < 4.78 is 10.5. The third-order valence-electron chi connectivity index (χ3n) is 2.46. The Morgan fingerprint density at radius 2 is 1.94 bits per heavy atom. The fourth-order valence-corrected chi connectivity index (χ4v) is 1.53. The molecule has 0 N–H and O–H groups in total. The maximum Gasteiger partial charge on any atom is 0.129 e. The first kappa shape index (κ1) is 12.1. The van der Waals surface area contributed by atoms with Crippen molar-refractivity contribution in [2.75, 3.05) is 14.2 Å². The van der Waals surface area contributed by atoms with Crippen molar-refractivity contribution >= 4 is 12.2 Å². The highest BCUT2D eigenvalue weighted by Gasteiger charge is 2.01. The molecule has 0 radical (unpaired) electrons. The molecule has 1 aromatic carbocycles. The van der Waals surface area contributed by atoms with E-state index in [-0.39, 0.29) is 0 Å². The molecule has 0 bridgehead atoms. The summed E-state index contributed by atoms with van der Waals surface area (Å²) in [6.07, 6.45) is 8.82. The highest BCUT2D eigenvalue weighted by Crippen LogP contribution is 2.25. The second-order valence-corrected chi connectivity index (χ2v) is 3.57. The standard InChI is InChI=1S/C14H14N2O2/c1-17-13-6-4-11(14(9-13)18-2)3-5-12-10-15-7-8-16-12/h3-10H,1-2H3/b5-3+. The molecule has 0 saturated heterocycles. The van der Waals surface area contributed by atoms with Crippen LogP contribution in [0.2, 0.25) is 0 Å². The summed E-state index contributed by atoms with van der Waals surface area (Å²) >= 11 is 0. The van der Waals surface area contributed by atoms with Crippen molar-refractivity contribution < 1.29 is 9.47 Å². The molecule has 0 aliphatic heterocycles. The maximum absolute atomic E-state index is 5.31. The molecule has 4 heteroatoms. The number of rotatable bonds is 4. The lowest BCUT2D eigenvalue weighted by molar-refractivity contribution is 0.394. The number of ether oxygens (including phenoxy) is 2. The zero-order valence-corrected chi connectivity index (χ0v) is 10.3. The zero-order valence-electron chi connectivity index (χ0n) is 10.3. The Bertz CT molecular complexity index is 539. The summed E-state index contributed by atoms with van der Waals surface area (Å²) in [7, 11) is 3.26. The molecule has 0 saturated carbocycles. The van der Waals surface area contributed by atoms with E-state index in [1.165, 1.54) is 0 Å². The van der Waals surface area contributed by atoms with Gasteiger partial charge in [-0.2, -0.15) is 0 Å². The van der Waals surface area contributed by atoms with Gasteiger partial charge in [0.1, 0.15) is 11.5 Å². The normalized spacial score (nSPS) is 10.6. The van der Waals surface area contributed by atoms with Crippen LogP contribution in [0.1, 0.15) is 11.3 Å². The first-order valence-electron chi connectivity index (χ1n) is 5.49. The Hall–Kier alpha value is -2.36. The molecule has 0 aliphatic carbocycles. The van der Waals surface area contributed by atoms with Crippen LogP contribution in [0.4, 0.5) is 0 Å². The van der Waals surface area contributed by atoms with E-state index in [9.17, 15) is 0 Å². The van der Waals surface area contributed by atoms with Gasteiger partial charge in [0.05, 0.1) is 26.1 Å². The van der Waals surface area contributed by atoms with Crippen LogP contribution >= 0.6 is 0 Å². The highest BCUT2D eigenvalue weighted by atomic mass is 16.5. The van der Waals surface area contributed by atoms with Crippen LogP contribution in [-0.4, -0.2) is 24.2 Å². The quantitative estimate of drug-likeness (QED) is 0.826. The predicted octanol–water partition coefficient (Wildman–Crippen LogP) is 2.66. The van der Waals surface area contributed by atoms with E-state index in [1.807, 2.05) is 30.4 Å². The molecule has 2 rings (SSSR count). The lowest BCUT2D eigenvalue weighted by atomic mass is 10.1. The number of methoxy groups -OCH3 is 2. The van der Waals surface area contributed by atoms with Crippen molar-refractivity contribution in [2.45, 2.75) is 0 Å². The molecule has 2 aromatic rings. The molecule has 0 unspecified atom stereocenters. The monoisotopic (exact) mass is 242 g/mol. The van der Waals surface area contributed by atoms with Gasteiger partial charge in [0.2, 0.25) is 0 Å². The number of benzene rings is 1. The molecule has 18 heavy (non-hydrogen) atoms. The van der Waals surface area contributed by atoms with E-state index in [0.29, 0.717) is 0 Å². The Labute approximate surface area is 106 Å². The van der Waals surface area contributed by atoms with Crippen LogP contribution in [0.15, 0.2) is 36.8 Å². The topological polar surface area (TPSA) is 44.2 Å². The first-order chi connectivity index (χ1) is 8.83. The van der Waals surface area contributed by atoms with E-state index in [2.05, 4.69) is 9.97 Å². The molecule has 1 aromatic heterocycles. The van der Waals surface area contributed by atoms with Gasteiger partial charge >= 0.3 is 0 Å². The number of nitrogens with zero attached hydrogens (tertiary/aromatic N) is 2. The molecular weight excluding hydrogens is 228 g/mol. The van der Waals surface area contributed by atoms with E-state index < -0.39 is 0 Å². The summed E-state index contributed by atoms with van der Waals surface area (Å²) in [5.74, 6) is 1.53. The number of aromatic nitrogens is 2. The Kier molecular flexibility index (Phi) is 3.91. The highest BCUT2D eigenvalue weighted by molar-refractivity contribution is 5.71. The molecule has 1 heterocycles. The van der Waals surface area contributed by atoms with Gasteiger partial charge in [-0.25, -0.2) is 0 Å². The fourth-order valence-electron chi connectivity index (χ4n) is 1.53. The van der Waals surface area contributed by atoms with Crippen LogP contribution in [0.3, 0.4) is 0 Å². The molecule has 0 atom stereocenters. The number of hydrogen-bond donors (Lipinski definition) is 0. The summed E-state index contributed by atoms with van der Waals surface area (Å²) in [5.41, 5.74) is 1.76. The molecule has 0 aliphatic rings. The summed E-state index contributed by atoms with van der Waals surface area (Å²) in [6.45, 7) is 0. The second-order valence-electron chi connectivity index (χ2n) is 3.57. The minimum absolute atomic E-state index is 0.759. The van der Waals surface area contributed by atoms with Crippen molar-refractivity contribution in [3.05, 3.63) is 48.0 Å². The largest absolute Gasteiger partial charge is 0.497 e. The van der Waals surface area contributed by atoms with Crippen LogP contribution in [0.5, 0.6) is 11.5 Å². The Morgan fingerprint density at radius 3 is 2.61 bits per heavy atom. The van der Waals surface area contributed by atoms with Gasteiger partial charge in [0.25, 0.3) is 0 Å². The van der Waals surface area contributed by atoms with Gasteiger partial charge in [-0.15, -0.1) is 0 Å². The summed E-state index contributed by atoms with van der Waals surface area (Å²) in [4.78, 5) is 8.17. The minimum Gasteiger partial charge on any atom is -0.497 e. The van der Waals surface area contributed by atoms with Crippen molar-refractivity contribution in [2.24, 2.45) is 0 Å². The van der Waals surface area contributed by atoms with E-state index in [4.69, 9.17) is 9.47 Å². The van der Waals surface area contributed by atoms with Crippen molar-refractivity contribution in [3.8, 4) is 11.5 Å². The van der Waals surface area contributed by atoms with Crippen LogP contribution in [0.25, 0.3) is 12.2 Å². The van der Waals surface area contributed by atoms with Crippen molar-refractivity contribution in [3.63, 3.8) is 0 Å². The fraction of sp³-hybridized carbons (Fsp3) is 0.143. The lowest BCUT2D eigenvalue weighted by Crippen LogP contribution is -1.89. The van der Waals surface area contributed by atoms with E-state index >= 15 is 0 Å². The van der Waals surface area contributed by atoms with E-state index in [1.54, 1.807) is 32.8 Å². The van der Waals surface area contributed by atoms with Crippen molar-refractivity contribution in [1.82, 2.24) is 9.97 Å². The molecule has 92 valence electrons. The summed E-state index contributed by atoms with van der Waals surface area (Å²) in [5, 5.41) is 0. The molecule has 0 amide bonds. The molecule has 0 fully saturated rings. The van der Waals surface area contributed by atoms with E-state index in [0.717, 1.165) is 22.8 Å². The Morgan fingerprint density at radius 1 is 1.06 bits per heavy atom. The first-order valence-corrected chi connectivity index (χ1v) is 5.49. The van der Waals surface area contributed by atoms with Crippen LogP contribution in [0, 0.1) is 0 Å². The lowest BCUT2D eigenvalue weighted by Gasteiger charge is -2.07. The molecule has 4 nitrogen and oxygen atoms in total. The van der Waals surface area contributed by atoms with Crippen LogP contribution < -0.4 is 9.47 Å². The third kappa shape index (κ3) is 2.85. The predicted molar refractivity (Wildman–Crippen MR) is 70.5 cm³/mol. The van der Waals surface area contributed by atoms with Crippen LogP contribution in [-0.2, 0) is 0 Å². The van der Waals surface area contributed by atoms with Gasteiger partial charge in [-0.1, -0.05) is 0 Å². The smallest absolute Gasteiger partial charge is 0.129 e. The zero-order chi connectivity index (χ0) is 12.8. The van der Waals surface area contributed by atoms with Crippen molar-refractivity contribution in [1.29, 1.82) is 0 Å². The molecule has 0 spiro atoms. The third-order valence-corrected chi connectivity index (χ3v) is 2.46. The molecular formula is C14H14N2O2. The van der Waals surface area contributed by atoms with Gasteiger partial charge in [-0.3, -0.25) is 9.97 Å². The second kappa shape index (κ2) is 5.82. The van der Waals surface area contributed by atoms with Gasteiger partial charge in [-0.05, 0) is 24.3 Å².